The second-order valence-corrected chi connectivity index (χ2v) is 5.03. The third-order valence-electron chi connectivity index (χ3n) is 2.49. The number of hydrogen-bond acceptors (Lipinski definition) is 9. The molecule has 182 valence electrons. The number of aliphatic carboxylic acids is 6. The molecule has 0 aromatic carbocycles. The number of carboxylic acid groups (broad SMARTS) is 6. The molecular weight excluding hydrogens is 464 g/mol. The molecule has 2 aromatic heterocycles. The zero-order valence-electron chi connectivity index (χ0n) is 16.8. The molecule has 9 N–H and O–H groups in total. The van der Waals surface area contributed by atoms with E-state index in [-0.39, 0.29) is 0 Å². The molecule has 0 spiro atoms. The third kappa shape index (κ3) is 19.8. The van der Waals surface area contributed by atoms with Gasteiger partial charge in [0, 0.05) is 42.7 Å². The number of anilines is 1. The average Bonchev–Trinajstić information content (AvgIpc) is 3.21. The van der Waals surface area contributed by atoms with Gasteiger partial charge in [-0.25, -0.2) is 38.7 Å². The fourth-order valence-corrected chi connectivity index (χ4v) is 1.32. The Morgan fingerprint density at radius 1 is 0.647 bits per heavy atom. The molecule has 16 nitrogen and oxygen atoms in total. The van der Waals surface area contributed by atoms with Gasteiger partial charge in [0.05, 0.1) is 5.39 Å². The highest BCUT2D eigenvalue weighted by Gasteiger charge is 1.97. The summed E-state index contributed by atoms with van der Waals surface area (Å²) < 4.78 is 0. The number of aromatic amines is 1. The molecule has 2 aromatic rings. The van der Waals surface area contributed by atoms with Gasteiger partial charge in [0.2, 0.25) is 0 Å². The number of nitrogens with zero attached hydrogens (tertiary/aromatic N) is 2. The van der Waals surface area contributed by atoms with Crippen molar-refractivity contribution >= 4 is 52.7 Å². The summed E-state index contributed by atoms with van der Waals surface area (Å²) in [4.78, 5) is 68.0. The molecule has 16 heteroatoms. The molecule has 0 saturated carbocycles. The Hall–Kier alpha value is -5.54. The van der Waals surface area contributed by atoms with Crippen molar-refractivity contribution in [2.45, 2.75) is 0 Å². The minimum Gasteiger partial charge on any atom is -0.478 e. The van der Waals surface area contributed by atoms with E-state index in [2.05, 4.69) is 15.0 Å². The SMILES string of the molecule is Nc1ncnc2[nH]ccc12.O=C(O)/C=C\C(=O)O.O=C(O)/C=C\C(=O)O.O=C(O)/C=C\C(=O)O. The summed E-state index contributed by atoms with van der Waals surface area (Å²) >= 11 is 0. The smallest absolute Gasteiger partial charge is 0.328 e. The Morgan fingerprint density at radius 2 is 0.971 bits per heavy atom. The molecule has 0 saturated heterocycles. The number of rotatable bonds is 6. The second-order valence-electron chi connectivity index (χ2n) is 5.03. The van der Waals surface area contributed by atoms with Crippen LogP contribution in [0.1, 0.15) is 0 Å². The van der Waals surface area contributed by atoms with Gasteiger partial charge >= 0.3 is 35.8 Å². The highest BCUT2D eigenvalue weighted by molar-refractivity contribution is 5.90. The zero-order chi connectivity index (χ0) is 26.7. The van der Waals surface area contributed by atoms with E-state index >= 15 is 0 Å². The molecule has 0 unspecified atom stereocenters. The molecule has 0 atom stereocenters. The Balaban J connectivity index is 0. The Bertz CT molecular complexity index is 972. The van der Waals surface area contributed by atoms with Gasteiger partial charge in [-0.1, -0.05) is 0 Å². The molecule has 2 heterocycles. The van der Waals surface area contributed by atoms with Gasteiger partial charge in [-0.15, -0.1) is 0 Å². The lowest BCUT2D eigenvalue weighted by atomic mass is 10.4. The van der Waals surface area contributed by atoms with Crippen molar-refractivity contribution < 1.29 is 59.4 Å². The van der Waals surface area contributed by atoms with Gasteiger partial charge in [-0.05, 0) is 6.07 Å². The van der Waals surface area contributed by atoms with Crippen LogP contribution in [0.15, 0.2) is 55.0 Å². The fourth-order valence-electron chi connectivity index (χ4n) is 1.32. The van der Waals surface area contributed by atoms with Crippen molar-refractivity contribution in [1.29, 1.82) is 0 Å². The second kappa shape index (κ2) is 17.2. The standard InChI is InChI=1S/C6H6N4.3C4H4O4/c7-5-4-1-2-8-6(4)10-3-9-5;3*5-3(6)1-2-4(7)8/h1-3H,(H3,7,8,9,10);3*1-2H,(H,5,6)(H,7,8)/b;3*2-1-. The van der Waals surface area contributed by atoms with Gasteiger partial charge in [0.1, 0.15) is 17.8 Å². The molecule has 0 amide bonds. The van der Waals surface area contributed by atoms with E-state index in [4.69, 9.17) is 36.4 Å². The lowest BCUT2D eigenvalue weighted by molar-refractivity contribution is -0.134. The van der Waals surface area contributed by atoms with Crippen molar-refractivity contribution in [2.75, 3.05) is 5.73 Å². The molecule has 2 rings (SSSR count). The van der Waals surface area contributed by atoms with E-state index in [0.717, 1.165) is 11.0 Å². The van der Waals surface area contributed by atoms with Gasteiger partial charge in [0.25, 0.3) is 0 Å². The number of nitrogens with one attached hydrogen (secondary N) is 1. The minimum absolute atomic E-state index is 0.520. The van der Waals surface area contributed by atoms with Gasteiger partial charge in [-0.2, -0.15) is 0 Å². The van der Waals surface area contributed by atoms with Crippen LogP contribution in [-0.4, -0.2) is 81.4 Å². The quantitative estimate of drug-likeness (QED) is 0.244. The Kier molecular flexibility index (Phi) is 15.5. The first-order chi connectivity index (χ1) is 15.8. The van der Waals surface area contributed by atoms with Crippen molar-refractivity contribution in [3.05, 3.63) is 55.0 Å². The van der Waals surface area contributed by atoms with Crippen molar-refractivity contribution in [2.24, 2.45) is 0 Å². The maximum absolute atomic E-state index is 9.55. The van der Waals surface area contributed by atoms with E-state index in [1.54, 1.807) is 6.20 Å². The molecule has 0 radical (unpaired) electrons. The number of carbonyl (C=O) groups is 6. The van der Waals surface area contributed by atoms with Crippen LogP contribution in [0.2, 0.25) is 0 Å². The zero-order valence-corrected chi connectivity index (χ0v) is 16.8. The summed E-state index contributed by atoms with van der Waals surface area (Å²) in [5, 5.41) is 47.8. The van der Waals surface area contributed by atoms with Crippen LogP contribution in [0.25, 0.3) is 11.0 Å². The van der Waals surface area contributed by atoms with Crippen LogP contribution in [-0.2, 0) is 28.8 Å². The highest BCUT2D eigenvalue weighted by Crippen LogP contribution is 2.12. The first-order valence-electron chi connectivity index (χ1n) is 8.21. The first kappa shape index (κ1) is 30.7. The number of aromatic nitrogens is 3. The van der Waals surface area contributed by atoms with Crippen molar-refractivity contribution in [3.63, 3.8) is 0 Å². The minimum atomic E-state index is -1.26. The number of nitrogen functional groups attached to an aromatic ring is 1. The normalized spacial score (nSPS) is 9.76. The molecule has 0 aliphatic heterocycles. The van der Waals surface area contributed by atoms with Crippen LogP contribution < -0.4 is 5.73 Å². The van der Waals surface area contributed by atoms with E-state index in [1.165, 1.54) is 6.33 Å². The maximum atomic E-state index is 9.55. The Morgan fingerprint density at radius 3 is 1.24 bits per heavy atom. The third-order valence-corrected chi connectivity index (χ3v) is 2.49. The average molecular weight is 482 g/mol. The molecule has 0 fully saturated rings. The van der Waals surface area contributed by atoms with Gasteiger partial charge in [0.15, 0.2) is 0 Å². The lowest BCUT2D eigenvalue weighted by Gasteiger charge is -1.90. The van der Waals surface area contributed by atoms with Gasteiger partial charge in [-0.3, -0.25) is 0 Å². The fraction of sp³-hybridized carbons (Fsp3) is 0. The topological polar surface area (TPSA) is 291 Å². The summed E-state index contributed by atoms with van der Waals surface area (Å²) in [5.74, 6) is -7.02. The molecule has 0 aliphatic carbocycles. The number of fused-ring (bicyclic) bond motifs is 1. The number of hydrogen-bond donors (Lipinski definition) is 8. The first-order valence-corrected chi connectivity index (χ1v) is 8.21. The number of H-pyrrole nitrogens is 1. The summed E-state index contributed by atoms with van der Waals surface area (Å²) in [6, 6.07) is 1.85. The van der Waals surface area contributed by atoms with Crippen molar-refractivity contribution in [3.8, 4) is 0 Å². The monoisotopic (exact) mass is 482 g/mol. The van der Waals surface area contributed by atoms with E-state index in [0.29, 0.717) is 42.3 Å². The van der Waals surface area contributed by atoms with Crippen LogP contribution in [0.3, 0.4) is 0 Å². The largest absolute Gasteiger partial charge is 0.478 e. The lowest BCUT2D eigenvalue weighted by Crippen LogP contribution is -1.91. The van der Waals surface area contributed by atoms with Crippen LogP contribution in [0.5, 0.6) is 0 Å². The number of nitrogens with two attached hydrogens (primary N) is 1. The van der Waals surface area contributed by atoms with Crippen LogP contribution >= 0.6 is 0 Å². The summed E-state index contributed by atoms with van der Waals surface area (Å²) in [6.07, 6.45) is 6.57. The summed E-state index contributed by atoms with van der Waals surface area (Å²) in [6.45, 7) is 0. The molecule has 34 heavy (non-hydrogen) atoms. The van der Waals surface area contributed by atoms with Crippen LogP contribution in [0.4, 0.5) is 5.82 Å². The van der Waals surface area contributed by atoms with Gasteiger partial charge < -0.3 is 41.4 Å². The predicted molar refractivity (Wildman–Crippen MR) is 112 cm³/mol. The number of carboxylic acids is 6. The maximum Gasteiger partial charge on any atom is 0.328 e. The van der Waals surface area contributed by atoms with E-state index in [1.807, 2.05) is 6.07 Å². The molecule has 0 bridgehead atoms. The Labute approximate surface area is 188 Å². The van der Waals surface area contributed by atoms with E-state index in [9.17, 15) is 28.8 Å². The molecular formula is C18H18N4O12. The summed E-state index contributed by atoms with van der Waals surface area (Å²) in [5.41, 5.74) is 6.31. The van der Waals surface area contributed by atoms with Crippen LogP contribution in [0, 0.1) is 0 Å². The van der Waals surface area contributed by atoms with E-state index < -0.39 is 35.8 Å². The predicted octanol–water partition coefficient (Wildman–Crippen LogP) is -0.324. The molecule has 0 aliphatic rings. The summed E-state index contributed by atoms with van der Waals surface area (Å²) in [7, 11) is 0. The highest BCUT2D eigenvalue weighted by atomic mass is 16.4. The van der Waals surface area contributed by atoms with Crippen molar-refractivity contribution in [1.82, 2.24) is 15.0 Å².